The Hall–Kier alpha value is -2.52. The maximum atomic E-state index is 12.8. The van der Waals surface area contributed by atoms with Crippen molar-refractivity contribution in [2.45, 2.75) is 19.1 Å². The Balaban J connectivity index is 1.78. The number of Topliss-reactive ketones (excluding diaryl/α,β-unsaturated/α-hetero) is 1. The van der Waals surface area contributed by atoms with E-state index in [0.29, 0.717) is 14.8 Å². The molecular weight excluding hydrogens is 402 g/mol. The first kappa shape index (κ1) is 19.2. The normalized spacial score (nSPS) is 19.5. The van der Waals surface area contributed by atoms with Crippen LogP contribution < -0.4 is 10.1 Å². The van der Waals surface area contributed by atoms with E-state index in [1.54, 1.807) is 6.07 Å². The van der Waals surface area contributed by atoms with E-state index in [-0.39, 0.29) is 5.75 Å². The van der Waals surface area contributed by atoms with Crippen molar-refractivity contribution in [3.8, 4) is 5.75 Å². The van der Waals surface area contributed by atoms with Gasteiger partial charge in [0.2, 0.25) is 0 Å². The molecule has 1 saturated heterocycles. The van der Waals surface area contributed by atoms with E-state index in [0.717, 1.165) is 16.2 Å². The minimum atomic E-state index is -2.97. The topological polar surface area (TPSA) is 75.7 Å². The van der Waals surface area contributed by atoms with Crippen LogP contribution in [0.3, 0.4) is 0 Å². The summed E-state index contributed by atoms with van der Waals surface area (Å²) >= 11 is 6.85. The smallest absolute Gasteiger partial charge is 0.387 e. The van der Waals surface area contributed by atoms with Gasteiger partial charge in [-0.25, -0.2) is 4.79 Å². The number of nitrogens with zero attached hydrogens (tertiary/aromatic N) is 1. The fourth-order valence-corrected chi connectivity index (χ4v) is 3.66. The van der Waals surface area contributed by atoms with Crippen LogP contribution in [0, 0.1) is 0 Å². The second-order valence-corrected chi connectivity index (χ2v) is 7.59. The zero-order valence-corrected chi connectivity index (χ0v) is 15.4. The average Bonchev–Trinajstić information content (AvgIpc) is 3.13. The molecule has 142 valence electrons. The van der Waals surface area contributed by atoms with Crippen molar-refractivity contribution in [2.75, 3.05) is 6.54 Å². The van der Waals surface area contributed by atoms with Gasteiger partial charge in [-0.1, -0.05) is 23.7 Å². The molecule has 1 aliphatic rings. The van der Waals surface area contributed by atoms with Crippen LogP contribution in [0.4, 0.5) is 13.6 Å². The Bertz CT molecular complexity index is 903. The summed E-state index contributed by atoms with van der Waals surface area (Å²) in [5, 5.41) is 2.54. The molecule has 27 heavy (non-hydrogen) atoms. The molecule has 0 bridgehead atoms. The number of urea groups is 1. The number of amides is 3. The van der Waals surface area contributed by atoms with E-state index in [1.165, 1.54) is 37.3 Å². The van der Waals surface area contributed by atoms with Gasteiger partial charge in [-0.2, -0.15) is 8.78 Å². The molecule has 10 heteroatoms. The zero-order valence-electron chi connectivity index (χ0n) is 13.9. The summed E-state index contributed by atoms with van der Waals surface area (Å²) in [6.07, 6.45) is 0. The first-order valence-electron chi connectivity index (χ1n) is 7.68. The van der Waals surface area contributed by atoms with Gasteiger partial charge in [0.05, 0.1) is 15.8 Å². The van der Waals surface area contributed by atoms with Crippen LogP contribution in [0.15, 0.2) is 36.4 Å². The molecule has 0 unspecified atom stereocenters. The number of hydrogen-bond donors (Lipinski definition) is 1. The van der Waals surface area contributed by atoms with Crippen molar-refractivity contribution in [3.05, 3.63) is 51.2 Å². The number of alkyl halides is 2. The van der Waals surface area contributed by atoms with Crippen LogP contribution >= 0.6 is 22.9 Å². The first-order valence-corrected chi connectivity index (χ1v) is 8.88. The SMILES string of the molecule is C[C@]1(c2ccc(OC(F)F)cc2)NC(=O)N(CC(=O)c2ccc(Cl)s2)C1=O. The molecule has 0 saturated carbocycles. The summed E-state index contributed by atoms with van der Waals surface area (Å²) in [5.74, 6) is -1.11. The predicted octanol–water partition coefficient (Wildman–Crippen LogP) is 3.65. The highest BCUT2D eigenvalue weighted by Crippen LogP contribution is 2.31. The highest BCUT2D eigenvalue weighted by molar-refractivity contribution is 7.18. The van der Waals surface area contributed by atoms with Crippen molar-refractivity contribution < 1.29 is 27.9 Å². The second-order valence-electron chi connectivity index (χ2n) is 5.88. The van der Waals surface area contributed by atoms with E-state index in [4.69, 9.17) is 11.6 Å². The molecule has 2 heterocycles. The number of nitrogens with one attached hydrogen (secondary N) is 1. The fourth-order valence-electron chi connectivity index (χ4n) is 2.69. The minimum Gasteiger partial charge on any atom is -0.435 e. The molecule has 3 rings (SSSR count). The number of carbonyl (C=O) groups is 3. The Morgan fingerprint density at radius 2 is 1.93 bits per heavy atom. The first-order chi connectivity index (χ1) is 12.7. The molecule has 3 amide bonds. The third kappa shape index (κ3) is 3.79. The molecule has 1 aliphatic heterocycles. The third-order valence-electron chi connectivity index (χ3n) is 4.08. The van der Waals surface area contributed by atoms with E-state index >= 15 is 0 Å². The molecule has 1 fully saturated rings. The van der Waals surface area contributed by atoms with Crippen LogP contribution in [0.1, 0.15) is 22.2 Å². The molecule has 1 N–H and O–H groups in total. The quantitative estimate of drug-likeness (QED) is 0.578. The lowest BCUT2D eigenvalue weighted by atomic mass is 9.92. The van der Waals surface area contributed by atoms with Crippen molar-refractivity contribution in [1.29, 1.82) is 0 Å². The van der Waals surface area contributed by atoms with Gasteiger partial charge in [0, 0.05) is 0 Å². The third-order valence-corrected chi connectivity index (χ3v) is 5.35. The largest absolute Gasteiger partial charge is 0.435 e. The van der Waals surface area contributed by atoms with Crippen LogP contribution in [-0.2, 0) is 10.3 Å². The van der Waals surface area contributed by atoms with Crippen LogP contribution in [0.5, 0.6) is 5.75 Å². The lowest BCUT2D eigenvalue weighted by Gasteiger charge is -2.22. The van der Waals surface area contributed by atoms with Gasteiger partial charge in [-0.15, -0.1) is 11.3 Å². The van der Waals surface area contributed by atoms with Crippen molar-refractivity contribution in [2.24, 2.45) is 0 Å². The van der Waals surface area contributed by atoms with E-state index < -0.39 is 36.4 Å². The molecule has 2 aromatic rings. The van der Waals surface area contributed by atoms with E-state index in [2.05, 4.69) is 10.1 Å². The summed E-state index contributed by atoms with van der Waals surface area (Å²) in [6, 6.07) is 7.71. The van der Waals surface area contributed by atoms with Crippen LogP contribution in [0.2, 0.25) is 4.34 Å². The molecule has 1 atom stereocenters. The van der Waals surface area contributed by atoms with Crippen molar-refractivity contribution in [1.82, 2.24) is 10.2 Å². The van der Waals surface area contributed by atoms with Gasteiger partial charge >= 0.3 is 12.6 Å². The maximum absolute atomic E-state index is 12.8. The number of rotatable bonds is 6. The summed E-state index contributed by atoms with van der Waals surface area (Å²) in [5.41, 5.74) is -1.05. The number of thiophene rings is 1. The Labute approximate surface area is 161 Å². The van der Waals surface area contributed by atoms with Crippen molar-refractivity contribution in [3.63, 3.8) is 0 Å². The highest BCUT2D eigenvalue weighted by Gasteiger charge is 2.49. The second kappa shape index (κ2) is 7.24. The van der Waals surface area contributed by atoms with Crippen molar-refractivity contribution >= 4 is 40.7 Å². The van der Waals surface area contributed by atoms with Gasteiger partial charge in [-0.3, -0.25) is 14.5 Å². The summed E-state index contributed by atoms with van der Waals surface area (Å²) < 4.78 is 29.2. The Kier molecular flexibility index (Phi) is 5.16. The van der Waals surface area contributed by atoms with Crippen LogP contribution in [0.25, 0.3) is 0 Å². The summed E-state index contributed by atoms with van der Waals surface area (Å²) in [6.45, 7) is -1.92. The standard InChI is InChI=1S/C17H13ClF2N2O4S/c1-17(9-2-4-10(5-3-9)26-15(19)20)14(24)22(16(25)21-17)8-11(23)12-6-7-13(18)27-12/h2-7,15H,8H2,1H3,(H,21,25)/t17-/m1/s1. The van der Waals surface area contributed by atoms with Gasteiger partial charge in [-0.05, 0) is 36.8 Å². The molecule has 0 aliphatic carbocycles. The minimum absolute atomic E-state index is 0.0734. The maximum Gasteiger partial charge on any atom is 0.387 e. The number of halogens is 3. The number of ether oxygens (including phenoxy) is 1. The average molecular weight is 415 g/mol. The number of carbonyl (C=O) groups excluding carboxylic acids is 3. The monoisotopic (exact) mass is 414 g/mol. The Morgan fingerprint density at radius 1 is 1.26 bits per heavy atom. The molecular formula is C17H13ClF2N2O4S. The highest BCUT2D eigenvalue weighted by atomic mass is 35.5. The van der Waals surface area contributed by atoms with Crippen LogP contribution in [-0.4, -0.2) is 35.8 Å². The zero-order chi connectivity index (χ0) is 19.8. The molecule has 0 radical (unpaired) electrons. The van der Waals surface area contributed by atoms with Gasteiger partial charge in [0.25, 0.3) is 5.91 Å². The fraction of sp³-hybridized carbons (Fsp3) is 0.235. The summed E-state index contributed by atoms with van der Waals surface area (Å²) in [4.78, 5) is 38.5. The van der Waals surface area contributed by atoms with Gasteiger partial charge < -0.3 is 10.1 Å². The molecule has 1 aromatic heterocycles. The summed E-state index contributed by atoms with van der Waals surface area (Å²) in [7, 11) is 0. The Morgan fingerprint density at radius 3 is 2.48 bits per heavy atom. The number of ketones is 1. The lowest BCUT2D eigenvalue weighted by molar-refractivity contribution is -0.130. The van der Waals surface area contributed by atoms with E-state index in [1.807, 2.05) is 0 Å². The number of benzene rings is 1. The number of hydrogen-bond acceptors (Lipinski definition) is 5. The van der Waals surface area contributed by atoms with Gasteiger partial charge in [0.1, 0.15) is 11.3 Å². The molecule has 0 spiro atoms. The molecule has 6 nitrogen and oxygen atoms in total. The number of imide groups is 1. The molecule has 1 aromatic carbocycles. The predicted molar refractivity (Wildman–Crippen MR) is 94.3 cm³/mol. The lowest BCUT2D eigenvalue weighted by Crippen LogP contribution is -2.41. The van der Waals surface area contributed by atoms with E-state index in [9.17, 15) is 23.2 Å². The van der Waals surface area contributed by atoms with Gasteiger partial charge in [0.15, 0.2) is 5.78 Å².